The highest BCUT2D eigenvalue weighted by Crippen LogP contribution is 2.17. The summed E-state index contributed by atoms with van der Waals surface area (Å²) >= 11 is 0. The fraction of sp³-hybridized carbons (Fsp3) is 0.375. The smallest absolute Gasteiger partial charge is 0.0885 e. The molecule has 0 aliphatic rings. The summed E-state index contributed by atoms with van der Waals surface area (Å²) < 4.78 is 0. The summed E-state index contributed by atoms with van der Waals surface area (Å²) in [5, 5.41) is 0. The maximum atomic E-state index is 4.30. The summed E-state index contributed by atoms with van der Waals surface area (Å²) in [5.41, 5.74) is 3.49. The first kappa shape index (κ1) is 12.7. The molecule has 94 valence electrons. The maximum absolute atomic E-state index is 4.30. The van der Waals surface area contributed by atoms with Crippen LogP contribution < -0.4 is 0 Å². The number of hydrogen-bond donors (Lipinski definition) is 0. The lowest BCUT2D eigenvalue weighted by atomic mass is 10.0. The van der Waals surface area contributed by atoms with Crippen LogP contribution in [0.3, 0.4) is 0 Å². The topological polar surface area (TPSA) is 25.8 Å². The molecule has 1 heterocycles. The Morgan fingerprint density at radius 3 is 2.44 bits per heavy atom. The molecule has 2 heteroatoms. The van der Waals surface area contributed by atoms with Crippen LogP contribution in [0.25, 0.3) is 11.3 Å². The van der Waals surface area contributed by atoms with Crippen molar-refractivity contribution in [1.29, 1.82) is 0 Å². The number of rotatable bonds is 6. The summed E-state index contributed by atoms with van der Waals surface area (Å²) in [6.45, 7) is 2.25. The summed E-state index contributed by atoms with van der Waals surface area (Å²) in [4.78, 5) is 8.39. The Hall–Kier alpha value is -1.70. The normalized spacial score (nSPS) is 10.5. The second kappa shape index (κ2) is 6.90. The number of unbranched alkanes of at least 4 members (excludes halogenated alkanes) is 3. The number of aromatic nitrogens is 2. The van der Waals surface area contributed by atoms with E-state index in [1.54, 1.807) is 18.6 Å². The van der Waals surface area contributed by atoms with Crippen LogP contribution in [0.2, 0.25) is 0 Å². The standard InChI is InChI=1S/C16H20N2/c1-2-3-4-5-6-14-7-9-15(10-8-14)16-13-17-11-12-18-16/h7-13H,2-6H2,1H3. The molecule has 18 heavy (non-hydrogen) atoms. The van der Waals surface area contributed by atoms with Crippen LogP contribution in [0.4, 0.5) is 0 Å². The van der Waals surface area contributed by atoms with E-state index < -0.39 is 0 Å². The van der Waals surface area contributed by atoms with Gasteiger partial charge in [-0.3, -0.25) is 9.97 Å². The van der Waals surface area contributed by atoms with Gasteiger partial charge in [0.1, 0.15) is 0 Å². The molecule has 1 aromatic heterocycles. The largest absolute Gasteiger partial charge is 0.261 e. The van der Waals surface area contributed by atoms with Gasteiger partial charge in [0.2, 0.25) is 0 Å². The Morgan fingerprint density at radius 2 is 1.78 bits per heavy atom. The SMILES string of the molecule is CCCCCCc1ccc(-c2cnccn2)cc1. The van der Waals surface area contributed by atoms with Gasteiger partial charge in [0, 0.05) is 18.0 Å². The van der Waals surface area contributed by atoms with Gasteiger partial charge >= 0.3 is 0 Å². The lowest BCUT2D eigenvalue weighted by Gasteiger charge is -2.03. The van der Waals surface area contributed by atoms with Gasteiger partial charge in [0.05, 0.1) is 11.9 Å². The molecule has 2 nitrogen and oxygen atoms in total. The quantitative estimate of drug-likeness (QED) is 0.705. The van der Waals surface area contributed by atoms with Crippen molar-refractivity contribution in [3.63, 3.8) is 0 Å². The van der Waals surface area contributed by atoms with E-state index in [9.17, 15) is 0 Å². The van der Waals surface area contributed by atoms with E-state index in [0.717, 1.165) is 11.3 Å². The molecular weight excluding hydrogens is 220 g/mol. The van der Waals surface area contributed by atoms with E-state index >= 15 is 0 Å². The molecule has 0 radical (unpaired) electrons. The second-order valence-corrected chi connectivity index (χ2v) is 4.60. The average Bonchev–Trinajstić information content (AvgIpc) is 2.45. The third kappa shape index (κ3) is 3.66. The first-order valence-electron chi connectivity index (χ1n) is 6.75. The minimum absolute atomic E-state index is 0.940. The van der Waals surface area contributed by atoms with Crippen molar-refractivity contribution in [3.8, 4) is 11.3 Å². The molecular formula is C16H20N2. The number of nitrogens with zero attached hydrogens (tertiary/aromatic N) is 2. The van der Waals surface area contributed by atoms with Crippen LogP contribution in [0.1, 0.15) is 38.2 Å². The lowest BCUT2D eigenvalue weighted by Crippen LogP contribution is -1.88. The van der Waals surface area contributed by atoms with Crippen LogP contribution in [0.5, 0.6) is 0 Å². The van der Waals surface area contributed by atoms with Gasteiger partial charge < -0.3 is 0 Å². The first-order chi connectivity index (χ1) is 8.90. The van der Waals surface area contributed by atoms with E-state index in [0.29, 0.717) is 0 Å². The molecule has 0 N–H and O–H groups in total. The summed E-state index contributed by atoms with van der Waals surface area (Å²) in [6, 6.07) is 8.68. The van der Waals surface area contributed by atoms with Crippen molar-refractivity contribution in [3.05, 3.63) is 48.4 Å². The van der Waals surface area contributed by atoms with Gasteiger partial charge in [0.25, 0.3) is 0 Å². The van der Waals surface area contributed by atoms with Crippen molar-refractivity contribution < 1.29 is 0 Å². The molecule has 0 saturated carbocycles. The molecule has 0 amide bonds. The molecule has 2 rings (SSSR count). The van der Waals surface area contributed by atoms with Crippen molar-refractivity contribution in [2.45, 2.75) is 39.0 Å². The molecule has 0 fully saturated rings. The third-order valence-corrected chi connectivity index (χ3v) is 3.13. The van der Waals surface area contributed by atoms with E-state index in [-0.39, 0.29) is 0 Å². The third-order valence-electron chi connectivity index (χ3n) is 3.13. The second-order valence-electron chi connectivity index (χ2n) is 4.60. The van der Waals surface area contributed by atoms with E-state index in [1.165, 1.54) is 37.7 Å². The minimum atomic E-state index is 0.940. The van der Waals surface area contributed by atoms with Crippen LogP contribution in [-0.2, 0) is 6.42 Å². The van der Waals surface area contributed by atoms with Crippen LogP contribution in [0, 0.1) is 0 Å². The number of hydrogen-bond acceptors (Lipinski definition) is 2. The van der Waals surface area contributed by atoms with Crippen molar-refractivity contribution in [2.24, 2.45) is 0 Å². The maximum Gasteiger partial charge on any atom is 0.0885 e. The van der Waals surface area contributed by atoms with E-state index in [2.05, 4.69) is 41.2 Å². The number of aryl methyl sites for hydroxylation is 1. The fourth-order valence-electron chi connectivity index (χ4n) is 2.05. The first-order valence-corrected chi connectivity index (χ1v) is 6.75. The zero-order chi connectivity index (χ0) is 12.6. The van der Waals surface area contributed by atoms with Gasteiger partial charge in [-0.15, -0.1) is 0 Å². The Bertz CT molecular complexity index is 448. The van der Waals surface area contributed by atoms with E-state index in [4.69, 9.17) is 0 Å². The predicted molar refractivity (Wildman–Crippen MR) is 75.3 cm³/mol. The van der Waals surface area contributed by atoms with Crippen LogP contribution >= 0.6 is 0 Å². The van der Waals surface area contributed by atoms with E-state index in [1.807, 2.05) is 0 Å². The van der Waals surface area contributed by atoms with Crippen molar-refractivity contribution in [2.75, 3.05) is 0 Å². The van der Waals surface area contributed by atoms with Crippen molar-refractivity contribution in [1.82, 2.24) is 9.97 Å². The molecule has 0 bridgehead atoms. The van der Waals surface area contributed by atoms with Gasteiger partial charge in [-0.2, -0.15) is 0 Å². The summed E-state index contributed by atoms with van der Waals surface area (Å²) in [5.74, 6) is 0. The average molecular weight is 240 g/mol. The fourth-order valence-corrected chi connectivity index (χ4v) is 2.05. The molecule has 0 aliphatic heterocycles. The minimum Gasteiger partial charge on any atom is -0.261 e. The Morgan fingerprint density at radius 1 is 0.944 bits per heavy atom. The molecule has 1 aromatic carbocycles. The van der Waals surface area contributed by atoms with Gasteiger partial charge in [0.15, 0.2) is 0 Å². The van der Waals surface area contributed by atoms with Crippen LogP contribution in [-0.4, -0.2) is 9.97 Å². The Balaban J connectivity index is 1.94. The van der Waals surface area contributed by atoms with Crippen molar-refractivity contribution >= 4 is 0 Å². The molecule has 0 aliphatic carbocycles. The summed E-state index contributed by atoms with van der Waals surface area (Å²) in [6.07, 6.45) is 11.7. The Labute approximate surface area is 109 Å². The molecule has 0 unspecified atom stereocenters. The number of benzene rings is 1. The highest BCUT2D eigenvalue weighted by atomic mass is 14.8. The summed E-state index contributed by atoms with van der Waals surface area (Å²) in [7, 11) is 0. The Kier molecular flexibility index (Phi) is 4.88. The predicted octanol–water partition coefficient (Wildman–Crippen LogP) is 4.27. The van der Waals surface area contributed by atoms with Gasteiger partial charge in [-0.25, -0.2) is 0 Å². The monoisotopic (exact) mass is 240 g/mol. The lowest BCUT2D eigenvalue weighted by molar-refractivity contribution is 0.667. The highest BCUT2D eigenvalue weighted by Gasteiger charge is 1.99. The zero-order valence-electron chi connectivity index (χ0n) is 11.0. The van der Waals surface area contributed by atoms with Gasteiger partial charge in [-0.05, 0) is 18.4 Å². The molecule has 0 saturated heterocycles. The highest BCUT2D eigenvalue weighted by molar-refractivity contribution is 5.58. The molecule has 0 atom stereocenters. The zero-order valence-corrected chi connectivity index (χ0v) is 11.0. The van der Waals surface area contributed by atoms with Gasteiger partial charge in [-0.1, -0.05) is 50.5 Å². The molecule has 0 spiro atoms. The molecule has 2 aromatic rings. The van der Waals surface area contributed by atoms with Crippen LogP contribution in [0.15, 0.2) is 42.9 Å².